The Kier molecular flexibility index (Phi) is 4.74. The summed E-state index contributed by atoms with van der Waals surface area (Å²) in [6.45, 7) is 2.58. The van der Waals surface area contributed by atoms with Crippen molar-refractivity contribution in [1.29, 1.82) is 0 Å². The molecular formula is C19H24O5. The lowest BCUT2D eigenvalue weighted by molar-refractivity contribution is -0.248. The molecule has 0 aromatic heterocycles. The van der Waals surface area contributed by atoms with Crippen molar-refractivity contribution in [2.24, 2.45) is 5.92 Å². The number of hydrogen-bond donors (Lipinski definition) is 0. The van der Waals surface area contributed by atoms with Gasteiger partial charge in [-0.05, 0) is 31.7 Å². The Labute approximate surface area is 142 Å². The van der Waals surface area contributed by atoms with Gasteiger partial charge in [-0.15, -0.1) is 0 Å². The first-order chi connectivity index (χ1) is 11.5. The van der Waals surface area contributed by atoms with Gasteiger partial charge in [0, 0.05) is 6.42 Å². The van der Waals surface area contributed by atoms with E-state index in [9.17, 15) is 9.59 Å². The molecule has 1 aromatic rings. The molecule has 2 fully saturated rings. The molecule has 2 aliphatic heterocycles. The average Bonchev–Trinajstić information content (AvgIpc) is 2.54. The van der Waals surface area contributed by atoms with Crippen molar-refractivity contribution < 1.29 is 23.8 Å². The lowest BCUT2D eigenvalue weighted by Crippen LogP contribution is -2.63. The largest absolute Gasteiger partial charge is 0.468 e. The highest BCUT2D eigenvalue weighted by Gasteiger charge is 2.59. The monoisotopic (exact) mass is 332 g/mol. The number of esters is 1. The van der Waals surface area contributed by atoms with Crippen LogP contribution in [0.2, 0.25) is 0 Å². The van der Waals surface area contributed by atoms with Crippen molar-refractivity contribution in [3.63, 3.8) is 0 Å². The van der Waals surface area contributed by atoms with E-state index in [0.29, 0.717) is 13.0 Å². The summed E-state index contributed by atoms with van der Waals surface area (Å²) in [5.41, 5.74) is -0.371. The molecule has 0 amide bonds. The summed E-state index contributed by atoms with van der Waals surface area (Å²) in [5, 5.41) is 0. The number of rotatable bonds is 5. The molecule has 2 saturated heterocycles. The van der Waals surface area contributed by atoms with Gasteiger partial charge in [-0.2, -0.15) is 0 Å². The van der Waals surface area contributed by atoms with Gasteiger partial charge in [0.15, 0.2) is 5.78 Å². The Bertz CT molecular complexity index is 613. The number of fused-ring (bicyclic) bond motifs is 2. The zero-order valence-electron chi connectivity index (χ0n) is 14.2. The normalized spacial score (nSPS) is 32.4. The van der Waals surface area contributed by atoms with Gasteiger partial charge in [-0.1, -0.05) is 30.3 Å². The third-order valence-electron chi connectivity index (χ3n) is 5.05. The van der Waals surface area contributed by atoms with Crippen LogP contribution in [0.4, 0.5) is 0 Å². The maximum absolute atomic E-state index is 12.6. The molecule has 2 bridgehead atoms. The predicted octanol–water partition coefficient (Wildman–Crippen LogP) is 2.66. The molecule has 2 heterocycles. The van der Waals surface area contributed by atoms with Crippen molar-refractivity contribution in [2.75, 3.05) is 13.7 Å². The number of ketones is 1. The fraction of sp³-hybridized carbons (Fsp3) is 0.579. The maximum Gasteiger partial charge on any atom is 0.319 e. The first-order valence-electron chi connectivity index (χ1n) is 8.40. The van der Waals surface area contributed by atoms with Gasteiger partial charge < -0.3 is 14.2 Å². The first-order valence-corrected chi connectivity index (χ1v) is 8.40. The first kappa shape index (κ1) is 17.1. The number of ether oxygens (including phenoxy) is 3. The van der Waals surface area contributed by atoms with Crippen LogP contribution in [-0.2, 0) is 30.4 Å². The highest BCUT2D eigenvalue weighted by atomic mass is 16.6. The molecule has 1 aromatic carbocycles. The van der Waals surface area contributed by atoms with Crippen LogP contribution in [0.3, 0.4) is 0 Å². The van der Waals surface area contributed by atoms with Crippen LogP contribution in [0.15, 0.2) is 30.3 Å². The minimum Gasteiger partial charge on any atom is -0.468 e. The van der Waals surface area contributed by atoms with Crippen molar-refractivity contribution in [1.82, 2.24) is 0 Å². The van der Waals surface area contributed by atoms with Gasteiger partial charge in [0.05, 0.1) is 25.9 Å². The third kappa shape index (κ3) is 3.23. The highest BCUT2D eigenvalue weighted by Crippen LogP contribution is 2.47. The maximum atomic E-state index is 12.6. The standard InChI is InChI=1S/C19H24O5/c1-18-9-6-10-19(24-18,16(15(20)11-18)17(21)22-2)13-23-12-14-7-4-3-5-8-14/h3-5,7-8,16H,6,9-13H2,1-2H3/t16?,18-,19-/m1/s1. The second kappa shape index (κ2) is 6.65. The minimum absolute atomic E-state index is 0.0985. The number of hydrogen-bond acceptors (Lipinski definition) is 5. The molecule has 5 heteroatoms. The molecule has 0 spiro atoms. The van der Waals surface area contributed by atoms with E-state index in [4.69, 9.17) is 14.2 Å². The van der Waals surface area contributed by atoms with Crippen molar-refractivity contribution >= 4 is 11.8 Å². The van der Waals surface area contributed by atoms with E-state index >= 15 is 0 Å². The SMILES string of the molecule is COC(=O)C1C(=O)C[C@@]2(C)CCC[C@]1(COCc1ccccc1)O2. The second-order valence-electron chi connectivity index (χ2n) is 7.05. The molecule has 0 N–H and O–H groups in total. The molecule has 5 nitrogen and oxygen atoms in total. The highest BCUT2D eigenvalue weighted by molar-refractivity contribution is 6.01. The molecule has 3 rings (SSSR count). The summed E-state index contributed by atoms with van der Waals surface area (Å²) < 4.78 is 17.0. The summed E-state index contributed by atoms with van der Waals surface area (Å²) in [6, 6.07) is 9.81. The minimum atomic E-state index is -0.912. The molecule has 1 unspecified atom stereocenters. The van der Waals surface area contributed by atoms with E-state index < -0.39 is 23.1 Å². The zero-order valence-corrected chi connectivity index (χ0v) is 14.2. The summed E-state index contributed by atoms with van der Waals surface area (Å²) in [7, 11) is 1.31. The van der Waals surface area contributed by atoms with Crippen LogP contribution < -0.4 is 0 Å². The van der Waals surface area contributed by atoms with Crippen LogP contribution in [0.25, 0.3) is 0 Å². The van der Waals surface area contributed by atoms with Crippen molar-refractivity contribution in [3.8, 4) is 0 Å². The summed E-state index contributed by atoms with van der Waals surface area (Å²) in [6.07, 6.45) is 2.62. The fourth-order valence-corrected chi connectivity index (χ4v) is 4.01. The predicted molar refractivity (Wildman–Crippen MR) is 87.3 cm³/mol. The smallest absolute Gasteiger partial charge is 0.319 e. The number of carbonyl (C=O) groups is 2. The number of methoxy groups -OCH3 is 1. The van der Waals surface area contributed by atoms with Crippen LogP contribution in [0.1, 0.15) is 38.2 Å². The Balaban J connectivity index is 1.78. The van der Waals surface area contributed by atoms with Crippen LogP contribution in [0, 0.1) is 5.92 Å². The number of Topliss-reactive ketones (excluding diaryl/α,β-unsaturated/α-hetero) is 1. The van der Waals surface area contributed by atoms with E-state index in [2.05, 4.69) is 0 Å². The van der Waals surface area contributed by atoms with Gasteiger partial charge in [0.25, 0.3) is 0 Å². The Hall–Kier alpha value is -1.72. The van der Waals surface area contributed by atoms with E-state index in [0.717, 1.165) is 18.4 Å². The lowest BCUT2D eigenvalue weighted by atomic mass is 9.69. The molecule has 130 valence electrons. The van der Waals surface area contributed by atoms with Gasteiger partial charge in [0.1, 0.15) is 11.5 Å². The van der Waals surface area contributed by atoms with Gasteiger partial charge >= 0.3 is 5.97 Å². The van der Waals surface area contributed by atoms with E-state index in [1.165, 1.54) is 7.11 Å². The third-order valence-corrected chi connectivity index (χ3v) is 5.05. The second-order valence-corrected chi connectivity index (χ2v) is 7.05. The van der Waals surface area contributed by atoms with Crippen LogP contribution in [-0.4, -0.2) is 36.7 Å². The van der Waals surface area contributed by atoms with Crippen molar-refractivity contribution in [3.05, 3.63) is 35.9 Å². The molecule has 0 aliphatic carbocycles. The average molecular weight is 332 g/mol. The summed E-state index contributed by atoms with van der Waals surface area (Å²) in [5.74, 6) is -1.52. The molecule has 2 aliphatic rings. The quantitative estimate of drug-likeness (QED) is 0.613. The van der Waals surface area contributed by atoms with Gasteiger partial charge in [0.2, 0.25) is 0 Å². The van der Waals surface area contributed by atoms with Crippen LogP contribution in [0.5, 0.6) is 0 Å². The van der Waals surface area contributed by atoms with Gasteiger partial charge in [-0.3, -0.25) is 9.59 Å². The van der Waals surface area contributed by atoms with Gasteiger partial charge in [-0.25, -0.2) is 0 Å². The summed E-state index contributed by atoms with van der Waals surface area (Å²) >= 11 is 0. The number of carbonyl (C=O) groups excluding carboxylic acids is 2. The Morgan fingerprint density at radius 3 is 2.75 bits per heavy atom. The molecule has 0 radical (unpaired) electrons. The van der Waals surface area contributed by atoms with E-state index in [1.54, 1.807) is 0 Å². The number of benzene rings is 1. The molecule has 24 heavy (non-hydrogen) atoms. The molecular weight excluding hydrogens is 308 g/mol. The topological polar surface area (TPSA) is 61.8 Å². The van der Waals surface area contributed by atoms with E-state index in [1.807, 2.05) is 37.3 Å². The summed E-state index contributed by atoms with van der Waals surface area (Å²) in [4.78, 5) is 24.9. The Morgan fingerprint density at radius 1 is 1.29 bits per heavy atom. The van der Waals surface area contributed by atoms with Crippen molar-refractivity contribution in [2.45, 2.75) is 50.4 Å². The molecule has 0 saturated carbocycles. The zero-order chi connectivity index (χ0) is 17.2. The van der Waals surface area contributed by atoms with E-state index in [-0.39, 0.29) is 18.8 Å². The lowest BCUT2D eigenvalue weighted by Gasteiger charge is -2.52. The molecule has 3 atom stereocenters. The van der Waals surface area contributed by atoms with Crippen LogP contribution >= 0.6 is 0 Å². The Morgan fingerprint density at radius 2 is 2.04 bits per heavy atom. The fourth-order valence-electron chi connectivity index (χ4n) is 4.01.